The van der Waals surface area contributed by atoms with Crippen LogP contribution in [0.15, 0.2) is 0 Å². The number of ether oxygens (including phenoxy) is 1. The number of unbranched alkanes of at least 4 members (excludes halogenated alkanes) is 3. The molecular weight excluding hydrogens is 228 g/mol. The van der Waals surface area contributed by atoms with Crippen molar-refractivity contribution in [2.24, 2.45) is 0 Å². The van der Waals surface area contributed by atoms with Gasteiger partial charge in [-0.05, 0) is 12.8 Å². The largest absolute Gasteiger partial charge is 0.466 e. The number of carbonyl (C=O) groups excluding carboxylic acids is 1. The van der Waals surface area contributed by atoms with Crippen molar-refractivity contribution in [2.75, 3.05) is 12.4 Å². The molecule has 0 aliphatic heterocycles. The van der Waals surface area contributed by atoms with Gasteiger partial charge < -0.3 is 4.74 Å². The number of rotatable bonds is 7. The monoisotopic (exact) mass is 242 g/mol. The van der Waals surface area contributed by atoms with Gasteiger partial charge in [0.2, 0.25) is 9.05 Å². The van der Waals surface area contributed by atoms with Gasteiger partial charge in [0.05, 0.1) is 12.4 Å². The van der Waals surface area contributed by atoms with Gasteiger partial charge in [-0.15, -0.1) is 0 Å². The first-order valence-electron chi connectivity index (χ1n) is 4.47. The molecule has 0 saturated carbocycles. The fourth-order valence-corrected chi connectivity index (χ4v) is 1.82. The minimum absolute atomic E-state index is 0.0160. The summed E-state index contributed by atoms with van der Waals surface area (Å²) >= 11 is 0. The SMILES string of the molecule is CC(=O)OCCCCCCS(=O)(=O)Cl. The van der Waals surface area contributed by atoms with Gasteiger partial charge in [-0.3, -0.25) is 4.79 Å². The molecule has 0 bridgehead atoms. The molecule has 0 aliphatic rings. The van der Waals surface area contributed by atoms with E-state index in [9.17, 15) is 13.2 Å². The highest BCUT2D eigenvalue weighted by atomic mass is 35.7. The van der Waals surface area contributed by atoms with E-state index in [1.165, 1.54) is 6.92 Å². The molecule has 6 heteroatoms. The molecule has 0 aromatic carbocycles. The Morgan fingerprint density at radius 2 is 1.79 bits per heavy atom. The van der Waals surface area contributed by atoms with E-state index in [4.69, 9.17) is 15.4 Å². The van der Waals surface area contributed by atoms with Crippen molar-refractivity contribution >= 4 is 25.7 Å². The van der Waals surface area contributed by atoms with E-state index in [0.717, 1.165) is 19.3 Å². The van der Waals surface area contributed by atoms with Crippen LogP contribution in [0, 0.1) is 0 Å². The normalized spacial score (nSPS) is 11.3. The average Bonchev–Trinajstić information content (AvgIpc) is 2.00. The van der Waals surface area contributed by atoms with Crippen molar-refractivity contribution < 1.29 is 17.9 Å². The van der Waals surface area contributed by atoms with Crippen LogP contribution in [-0.2, 0) is 18.6 Å². The van der Waals surface area contributed by atoms with Gasteiger partial charge in [-0.25, -0.2) is 8.42 Å². The highest BCUT2D eigenvalue weighted by Crippen LogP contribution is 2.05. The first-order chi connectivity index (χ1) is 6.42. The van der Waals surface area contributed by atoms with Crippen molar-refractivity contribution in [1.82, 2.24) is 0 Å². The van der Waals surface area contributed by atoms with Crippen LogP contribution in [0.3, 0.4) is 0 Å². The molecule has 4 nitrogen and oxygen atoms in total. The van der Waals surface area contributed by atoms with Crippen LogP contribution in [0.5, 0.6) is 0 Å². The predicted octanol–water partition coefficient (Wildman–Crippen LogP) is 1.68. The smallest absolute Gasteiger partial charge is 0.302 e. The summed E-state index contributed by atoms with van der Waals surface area (Å²) in [6.07, 6.45) is 2.96. The summed E-state index contributed by atoms with van der Waals surface area (Å²) in [6, 6.07) is 0. The van der Waals surface area contributed by atoms with Crippen molar-refractivity contribution in [2.45, 2.75) is 32.6 Å². The highest BCUT2D eigenvalue weighted by Gasteiger charge is 2.03. The summed E-state index contributed by atoms with van der Waals surface area (Å²) in [6.45, 7) is 1.77. The Bertz CT molecular complexity index is 261. The summed E-state index contributed by atoms with van der Waals surface area (Å²) in [7, 11) is 1.67. The van der Waals surface area contributed by atoms with E-state index >= 15 is 0 Å². The molecule has 0 aromatic heterocycles. The molecule has 0 fully saturated rings. The lowest BCUT2D eigenvalue weighted by molar-refractivity contribution is -0.141. The first kappa shape index (κ1) is 13.7. The number of hydrogen-bond acceptors (Lipinski definition) is 4. The number of esters is 1. The number of hydrogen-bond donors (Lipinski definition) is 0. The van der Waals surface area contributed by atoms with Gasteiger partial charge in [-0.2, -0.15) is 0 Å². The number of carbonyl (C=O) groups is 1. The first-order valence-corrected chi connectivity index (χ1v) is 6.95. The van der Waals surface area contributed by atoms with Crippen LogP contribution in [0.2, 0.25) is 0 Å². The number of halogens is 1. The fourth-order valence-electron chi connectivity index (χ4n) is 0.946. The second-order valence-corrected chi connectivity index (χ2v) is 5.89. The fraction of sp³-hybridized carbons (Fsp3) is 0.875. The topological polar surface area (TPSA) is 60.4 Å². The van der Waals surface area contributed by atoms with E-state index in [1.807, 2.05) is 0 Å². The van der Waals surface area contributed by atoms with Crippen LogP contribution >= 0.6 is 10.7 Å². The Labute approximate surface area is 89.0 Å². The molecule has 0 spiro atoms. The van der Waals surface area contributed by atoms with E-state index in [0.29, 0.717) is 13.0 Å². The Morgan fingerprint density at radius 3 is 2.29 bits per heavy atom. The predicted molar refractivity (Wildman–Crippen MR) is 54.7 cm³/mol. The summed E-state index contributed by atoms with van der Waals surface area (Å²) in [5.41, 5.74) is 0. The highest BCUT2D eigenvalue weighted by molar-refractivity contribution is 8.13. The van der Waals surface area contributed by atoms with Gasteiger partial charge in [0.1, 0.15) is 0 Å². The van der Waals surface area contributed by atoms with Crippen molar-refractivity contribution in [3.63, 3.8) is 0 Å². The minimum Gasteiger partial charge on any atom is -0.466 e. The summed E-state index contributed by atoms with van der Waals surface area (Å²) in [5.74, 6) is -0.268. The molecule has 0 heterocycles. The zero-order valence-electron chi connectivity index (χ0n) is 8.16. The van der Waals surface area contributed by atoms with E-state index in [-0.39, 0.29) is 11.7 Å². The maximum absolute atomic E-state index is 10.5. The van der Waals surface area contributed by atoms with Crippen molar-refractivity contribution in [1.29, 1.82) is 0 Å². The quantitative estimate of drug-likeness (QED) is 0.387. The standard InChI is InChI=1S/C8H15ClO4S/c1-8(10)13-6-4-2-3-5-7-14(9,11)12/h2-7H2,1H3. The van der Waals surface area contributed by atoms with Gasteiger partial charge in [0.15, 0.2) is 0 Å². The Morgan fingerprint density at radius 1 is 1.21 bits per heavy atom. The zero-order chi connectivity index (χ0) is 11.0. The molecule has 0 aromatic rings. The van der Waals surface area contributed by atoms with Crippen molar-refractivity contribution in [3.05, 3.63) is 0 Å². The third kappa shape index (κ3) is 11.7. The van der Waals surface area contributed by atoms with Crippen molar-refractivity contribution in [3.8, 4) is 0 Å². The Kier molecular flexibility index (Phi) is 6.92. The minimum atomic E-state index is -3.34. The summed E-state index contributed by atoms with van der Waals surface area (Å²) in [5, 5.41) is 0. The molecule has 0 N–H and O–H groups in total. The summed E-state index contributed by atoms with van der Waals surface area (Å²) < 4.78 is 25.7. The molecule has 0 rings (SSSR count). The van der Waals surface area contributed by atoms with Gasteiger partial charge in [0, 0.05) is 17.6 Å². The van der Waals surface area contributed by atoms with Crippen LogP contribution < -0.4 is 0 Å². The summed E-state index contributed by atoms with van der Waals surface area (Å²) in [4.78, 5) is 10.3. The maximum Gasteiger partial charge on any atom is 0.302 e. The molecular formula is C8H15ClO4S. The second kappa shape index (κ2) is 7.06. The zero-order valence-corrected chi connectivity index (χ0v) is 9.73. The van der Waals surface area contributed by atoms with Gasteiger partial charge >= 0.3 is 5.97 Å². The molecule has 0 saturated heterocycles. The van der Waals surface area contributed by atoms with Crippen LogP contribution in [-0.4, -0.2) is 26.7 Å². The molecule has 0 amide bonds. The van der Waals surface area contributed by atoms with E-state index in [1.54, 1.807) is 0 Å². The van der Waals surface area contributed by atoms with Gasteiger partial charge in [-0.1, -0.05) is 12.8 Å². The molecule has 0 aliphatic carbocycles. The van der Waals surface area contributed by atoms with E-state index in [2.05, 4.69) is 0 Å². The lowest BCUT2D eigenvalue weighted by atomic mass is 10.2. The molecule has 0 radical (unpaired) electrons. The molecule has 84 valence electrons. The van der Waals surface area contributed by atoms with Crippen LogP contribution in [0.25, 0.3) is 0 Å². The third-order valence-electron chi connectivity index (χ3n) is 1.59. The lowest BCUT2D eigenvalue weighted by Gasteiger charge is -2.01. The van der Waals surface area contributed by atoms with Crippen LogP contribution in [0.1, 0.15) is 32.6 Å². The van der Waals surface area contributed by atoms with Crippen LogP contribution in [0.4, 0.5) is 0 Å². The average molecular weight is 243 g/mol. The molecule has 0 atom stereocenters. The maximum atomic E-state index is 10.5. The molecule has 14 heavy (non-hydrogen) atoms. The van der Waals surface area contributed by atoms with Gasteiger partial charge in [0.25, 0.3) is 0 Å². The Hall–Kier alpha value is -0.290. The Balaban J connectivity index is 3.19. The lowest BCUT2D eigenvalue weighted by Crippen LogP contribution is -2.01. The third-order valence-corrected chi connectivity index (χ3v) is 2.83. The second-order valence-electron chi connectivity index (χ2n) is 3.00. The molecule has 0 unspecified atom stereocenters. The van der Waals surface area contributed by atoms with E-state index < -0.39 is 9.05 Å².